The van der Waals surface area contributed by atoms with Gasteiger partial charge in [-0.3, -0.25) is 0 Å². The van der Waals surface area contributed by atoms with E-state index in [9.17, 15) is 4.79 Å². The molecule has 1 saturated carbocycles. The third-order valence-electron chi connectivity index (χ3n) is 3.44. The van der Waals surface area contributed by atoms with Gasteiger partial charge in [0.2, 0.25) is 0 Å². The van der Waals surface area contributed by atoms with Crippen molar-refractivity contribution in [2.24, 2.45) is 5.92 Å². The number of esters is 1. The van der Waals surface area contributed by atoms with E-state index < -0.39 is 5.97 Å². The summed E-state index contributed by atoms with van der Waals surface area (Å²) in [6.07, 6.45) is 3.71. The average Bonchev–Trinajstić information content (AvgIpc) is 2.47. The number of nitriles is 1. The average molecular weight is 259 g/mol. The number of benzene rings is 1. The van der Waals surface area contributed by atoms with Gasteiger partial charge in [0.25, 0.3) is 0 Å². The second-order valence-electron chi connectivity index (χ2n) is 4.66. The van der Waals surface area contributed by atoms with Crippen molar-refractivity contribution in [2.75, 3.05) is 7.11 Å². The first kappa shape index (κ1) is 13.4. The van der Waals surface area contributed by atoms with E-state index in [1.54, 1.807) is 18.2 Å². The van der Waals surface area contributed by atoms with Crippen molar-refractivity contribution in [1.29, 1.82) is 5.26 Å². The maximum Gasteiger partial charge on any atom is 0.341 e. The van der Waals surface area contributed by atoms with Gasteiger partial charge in [-0.2, -0.15) is 5.26 Å². The van der Waals surface area contributed by atoms with E-state index in [0.717, 1.165) is 25.7 Å². The Hall–Kier alpha value is -2.02. The maximum atomic E-state index is 11.7. The van der Waals surface area contributed by atoms with Crippen LogP contribution >= 0.6 is 0 Å². The Morgan fingerprint density at radius 1 is 1.32 bits per heavy atom. The second-order valence-corrected chi connectivity index (χ2v) is 4.66. The summed E-state index contributed by atoms with van der Waals surface area (Å²) in [5.74, 6) is -0.0131. The number of nitrogens with zero attached hydrogens (tertiary/aromatic N) is 1. The first-order valence-corrected chi connectivity index (χ1v) is 6.50. The summed E-state index contributed by atoms with van der Waals surface area (Å²) in [7, 11) is 1.35. The fourth-order valence-corrected chi connectivity index (χ4v) is 2.40. The molecule has 1 aromatic rings. The van der Waals surface area contributed by atoms with E-state index in [0.29, 0.717) is 11.3 Å². The highest BCUT2D eigenvalue weighted by Crippen LogP contribution is 2.29. The molecule has 2 rings (SSSR count). The minimum Gasteiger partial charge on any atom is -0.488 e. The minimum absolute atomic E-state index is 0.0977. The number of hydrogen-bond donors (Lipinski definition) is 0. The molecule has 0 amide bonds. The van der Waals surface area contributed by atoms with E-state index in [-0.39, 0.29) is 12.0 Å². The molecule has 0 spiro atoms. The molecule has 19 heavy (non-hydrogen) atoms. The van der Waals surface area contributed by atoms with Crippen molar-refractivity contribution in [1.82, 2.24) is 0 Å². The molecule has 2 atom stereocenters. The molecule has 0 aromatic heterocycles. The van der Waals surface area contributed by atoms with Gasteiger partial charge in [-0.1, -0.05) is 18.6 Å². The zero-order valence-corrected chi connectivity index (χ0v) is 11.0. The van der Waals surface area contributed by atoms with Gasteiger partial charge >= 0.3 is 5.97 Å². The van der Waals surface area contributed by atoms with Crippen LogP contribution in [0.5, 0.6) is 5.75 Å². The summed E-state index contributed by atoms with van der Waals surface area (Å²) in [5, 5.41) is 9.14. The molecule has 0 radical (unpaired) electrons. The fraction of sp³-hybridized carbons (Fsp3) is 0.467. The Bertz CT molecular complexity index is 492. The van der Waals surface area contributed by atoms with E-state index in [1.165, 1.54) is 7.11 Å². The summed E-state index contributed by atoms with van der Waals surface area (Å²) in [4.78, 5) is 11.7. The van der Waals surface area contributed by atoms with Crippen molar-refractivity contribution in [2.45, 2.75) is 31.8 Å². The Kier molecular flexibility index (Phi) is 4.40. The molecular weight excluding hydrogens is 242 g/mol. The molecule has 1 aliphatic carbocycles. The van der Waals surface area contributed by atoms with Crippen LogP contribution in [-0.2, 0) is 4.74 Å². The molecule has 4 nitrogen and oxygen atoms in total. The van der Waals surface area contributed by atoms with Gasteiger partial charge in [0, 0.05) is 0 Å². The van der Waals surface area contributed by atoms with Gasteiger partial charge < -0.3 is 9.47 Å². The minimum atomic E-state index is -0.417. The summed E-state index contributed by atoms with van der Waals surface area (Å²) in [5.41, 5.74) is 0.410. The molecule has 2 unspecified atom stereocenters. The van der Waals surface area contributed by atoms with Gasteiger partial charge in [0.05, 0.1) is 19.1 Å². The van der Waals surface area contributed by atoms with Crippen molar-refractivity contribution in [3.8, 4) is 11.8 Å². The number of ether oxygens (including phenoxy) is 2. The zero-order valence-electron chi connectivity index (χ0n) is 11.0. The lowest BCUT2D eigenvalue weighted by Gasteiger charge is -2.28. The van der Waals surface area contributed by atoms with Crippen LogP contribution in [0.2, 0.25) is 0 Å². The second kappa shape index (κ2) is 6.24. The molecule has 4 heteroatoms. The monoisotopic (exact) mass is 259 g/mol. The topological polar surface area (TPSA) is 59.3 Å². The molecule has 1 aliphatic rings. The predicted molar refractivity (Wildman–Crippen MR) is 69.8 cm³/mol. The molecule has 0 bridgehead atoms. The predicted octanol–water partition coefficient (Wildman–Crippen LogP) is 2.93. The normalized spacial score (nSPS) is 22.3. The van der Waals surface area contributed by atoms with Crippen molar-refractivity contribution >= 4 is 5.97 Å². The third kappa shape index (κ3) is 3.05. The molecule has 0 N–H and O–H groups in total. The van der Waals surface area contributed by atoms with Crippen LogP contribution in [0.3, 0.4) is 0 Å². The van der Waals surface area contributed by atoms with Crippen LogP contribution in [0.4, 0.5) is 0 Å². The van der Waals surface area contributed by atoms with Gasteiger partial charge in [0.15, 0.2) is 0 Å². The lowest BCUT2D eigenvalue weighted by atomic mass is 9.87. The SMILES string of the molecule is COC(=O)c1ccccc1OC1CCCCC1C#N. The van der Waals surface area contributed by atoms with Crippen LogP contribution < -0.4 is 4.74 Å². The summed E-state index contributed by atoms with van der Waals surface area (Å²) in [6, 6.07) is 9.29. The first-order chi connectivity index (χ1) is 9.26. The van der Waals surface area contributed by atoms with Gasteiger partial charge in [-0.05, 0) is 31.4 Å². The van der Waals surface area contributed by atoms with E-state index in [2.05, 4.69) is 6.07 Å². The number of carbonyl (C=O) groups excluding carboxylic acids is 1. The Morgan fingerprint density at radius 2 is 2.05 bits per heavy atom. The molecular formula is C15H17NO3. The molecule has 1 fully saturated rings. The maximum absolute atomic E-state index is 11.7. The Balaban J connectivity index is 2.18. The summed E-state index contributed by atoms with van der Waals surface area (Å²) in [6.45, 7) is 0. The molecule has 0 aliphatic heterocycles. The van der Waals surface area contributed by atoms with E-state index in [1.807, 2.05) is 6.07 Å². The van der Waals surface area contributed by atoms with Crippen LogP contribution in [-0.4, -0.2) is 19.2 Å². The lowest BCUT2D eigenvalue weighted by molar-refractivity contribution is 0.0586. The molecule has 100 valence electrons. The number of rotatable bonds is 3. The standard InChI is InChI=1S/C15H17NO3/c1-18-15(17)12-7-3-5-9-14(12)19-13-8-4-2-6-11(13)10-16/h3,5,7,9,11,13H,2,4,6,8H2,1H3. The highest BCUT2D eigenvalue weighted by molar-refractivity contribution is 5.92. The largest absolute Gasteiger partial charge is 0.488 e. The highest BCUT2D eigenvalue weighted by Gasteiger charge is 2.27. The van der Waals surface area contributed by atoms with Crippen molar-refractivity contribution < 1.29 is 14.3 Å². The van der Waals surface area contributed by atoms with E-state index in [4.69, 9.17) is 14.7 Å². The summed E-state index contributed by atoms with van der Waals surface area (Å²) >= 11 is 0. The van der Waals surface area contributed by atoms with Gasteiger partial charge in [-0.25, -0.2) is 4.79 Å². The third-order valence-corrected chi connectivity index (χ3v) is 3.44. The van der Waals surface area contributed by atoms with Gasteiger partial charge in [-0.15, -0.1) is 0 Å². The van der Waals surface area contributed by atoms with Gasteiger partial charge in [0.1, 0.15) is 17.4 Å². The van der Waals surface area contributed by atoms with Crippen LogP contribution in [0.25, 0.3) is 0 Å². The Labute approximate surface area is 112 Å². The van der Waals surface area contributed by atoms with Crippen molar-refractivity contribution in [3.63, 3.8) is 0 Å². The van der Waals surface area contributed by atoms with Crippen LogP contribution in [0.15, 0.2) is 24.3 Å². The van der Waals surface area contributed by atoms with Crippen LogP contribution in [0, 0.1) is 17.2 Å². The smallest absolute Gasteiger partial charge is 0.341 e. The molecule has 0 saturated heterocycles. The van der Waals surface area contributed by atoms with E-state index >= 15 is 0 Å². The fourth-order valence-electron chi connectivity index (χ4n) is 2.40. The number of carbonyl (C=O) groups is 1. The quantitative estimate of drug-likeness (QED) is 0.783. The zero-order chi connectivity index (χ0) is 13.7. The Morgan fingerprint density at radius 3 is 2.79 bits per heavy atom. The number of hydrogen-bond acceptors (Lipinski definition) is 4. The first-order valence-electron chi connectivity index (χ1n) is 6.50. The molecule has 0 heterocycles. The van der Waals surface area contributed by atoms with Crippen LogP contribution in [0.1, 0.15) is 36.0 Å². The van der Waals surface area contributed by atoms with Crippen molar-refractivity contribution in [3.05, 3.63) is 29.8 Å². The summed E-state index contributed by atoms with van der Waals surface area (Å²) < 4.78 is 10.6. The number of para-hydroxylation sites is 1. The number of methoxy groups -OCH3 is 1. The molecule has 1 aromatic carbocycles. The highest BCUT2D eigenvalue weighted by atomic mass is 16.5. The lowest BCUT2D eigenvalue weighted by Crippen LogP contribution is -2.29.